The molecule has 0 atom stereocenters. The first kappa shape index (κ1) is 18.2. The summed E-state index contributed by atoms with van der Waals surface area (Å²) in [4.78, 5) is 16.9. The van der Waals surface area contributed by atoms with Gasteiger partial charge in [0.1, 0.15) is 11.1 Å². The molecule has 0 radical (unpaired) electrons. The highest BCUT2D eigenvalue weighted by atomic mass is 127. The van der Waals surface area contributed by atoms with Gasteiger partial charge in [-0.25, -0.2) is 4.98 Å². The van der Waals surface area contributed by atoms with Crippen molar-refractivity contribution in [2.75, 3.05) is 11.1 Å². The number of nitrogens with one attached hydrogen (secondary N) is 1. The summed E-state index contributed by atoms with van der Waals surface area (Å²) in [7, 11) is 0. The normalized spacial score (nSPS) is 13.0. The first-order valence-electron chi connectivity index (χ1n) is 8.18. The van der Waals surface area contributed by atoms with Gasteiger partial charge in [0.05, 0.1) is 11.3 Å². The molecule has 2 aromatic rings. The van der Waals surface area contributed by atoms with Crippen LogP contribution in [0.2, 0.25) is 0 Å². The van der Waals surface area contributed by atoms with Gasteiger partial charge in [-0.1, -0.05) is 11.8 Å². The van der Waals surface area contributed by atoms with Crippen molar-refractivity contribution in [1.29, 1.82) is 5.26 Å². The van der Waals surface area contributed by atoms with Crippen LogP contribution in [0, 0.1) is 21.8 Å². The summed E-state index contributed by atoms with van der Waals surface area (Å²) in [6, 6.07) is 10.0. The molecule has 25 heavy (non-hydrogen) atoms. The molecule has 1 aliphatic rings. The zero-order valence-electron chi connectivity index (χ0n) is 13.9. The van der Waals surface area contributed by atoms with Crippen molar-refractivity contribution >= 4 is 45.9 Å². The maximum atomic E-state index is 12.2. The van der Waals surface area contributed by atoms with E-state index in [4.69, 9.17) is 0 Å². The predicted octanol–water partition coefficient (Wildman–Crippen LogP) is 4.48. The van der Waals surface area contributed by atoms with Crippen LogP contribution in [0.5, 0.6) is 0 Å². The number of anilines is 1. The monoisotopic (exact) mass is 463 g/mol. The number of rotatable bonds is 4. The molecular formula is C19H18IN3OS. The van der Waals surface area contributed by atoms with Crippen LogP contribution in [0.15, 0.2) is 29.3 Å². The molecule has 6 heteroatoms. The lowest BCUT2D eigenvalue weighted by Crippen LogP contribution is -2.15. The number of benzene rings is 1. The van der Waals surface area contributed by atoms with Crippen molar-refractivity contribution in [3.05, 3.63) is 50.2 Å². The smallest absolute Gasteiger partial charge is 0.234 e. The van der Waals surface area contributed by atoms with Crippen LogP contribution in [0.1, 0.15) is 35.2 Å². The second-order valence-corrected chi connectivity index (χ2v) is 8.19. The van der Waals surface area contributed by atoms with E-state index in [1.54, 1.807) is 0 Å². The number of pyridine rings is 1. The summed E-state index contributed by atoms with van der Waals surface area (Å²) in [6.45, 7) is 2.02. The van der Waals surface area contributed by atoms with Gasteiger partial charge in [-0.05, 0) is 90.6 Å². The average Bonchev–Trinajstić information content (AvgIpc) is 2.62. The quantitative estimate of drug-likeness (QED) is 0.537. The minimum absolute atomic E-state index is 0.0889. The van der Waals surface area contributed by atoms with Crippen molar-refractivity contribution in [3.63, 3.8) is 0 Å². The van der Waals surface area contributed by atoms with Crippen molar-refractivity contribution in [2.45, 2.75) is 37.6 Å². The van der Waals surface area contributed by atoms with E-state index in [1.807, 2.05) is 31.2 Å². The molecule has 1 heterocycles. The lowest BCUT2D eigenvalue weighted by molar-refractivity contribution is -0.113. The van der Waals surface area contributed by atoms with E-state index in [-0.39, 0.29) is 11.7 Å². The minimum Gasteiger partial charge on any atom is -0.325 e. The van der Waals surface area contributed by atoms with Crippen LogP contribution >= 0.6 is 34.4 Å². The van der Waals surface area contributed by atoms with E-state index in [0.717, 1.165) is 42.6 Å². The van der Waals surface area contributed by atoms with E-state index in [1.165, 1.54) is 20.9 Å². The molecule has 4 nitrogen and oxygen atoms in total. The molecule has 0 fully saturated rings. The Kier molecular flexibility index (Phi) is 5.97. The van der Waals surface area contributed by atoms with Crippen molar-refractivity contribution < 1.29 is 4.79 Å². The Morgan fingerprint density at radius 3 is 2.92 bits per heavy atom. The fourth-order valence-corrected chi connectivity index (χ4v) is 3.97. The van der Waals surface area contributed by atoms with Crippen molar-refractivity contribution in [1.82, 2.24) is 4.98 Å². The van der Waals surface area contributed by atoms with Crippen LogP contribution in [0.3, 0.4) is 0 Å². The van der Waals surface area contributed by atoms with Crippen molar-refractivity contribution in [3.8, 4) is 6.07 Å². The Labute approximate surface area is 165 Å². The van der Waals surface area contributed by atoms with Gasteiger partial charge in [0, 0.05) is 15.0 Å². The van der Waals surface area contributed by atoms with Crippen LogP contribution in [0.25, 0.3) is 0 Å². The third kappa shape index (κ3) is 4.53. The molecule has 0 saturated heterocycles. The zero-order valence-corrected chi connectivity index (χ0v) is 16.9. The number of hydrogen-bond donors (Lipinski definition) is 1. The number of aromatic nitrogens is 1. The Balaban J connectivity index is 1.67. The van der Waals surface area contributed by atoms with E-state index >= 15 is 0 Å². The van der Waals surface area contributed by atoms with Gasteiger partial charge in [-0.3, -0.25) is 4.79 Å². The van der Waals surface area contributed by atoms with E-state index < -0.39 is 0 Å². The maximum absolute atomic E-state index is 12.2. The number of hydrogen-bond acceptors (Lipinski definition) is 4. The number of fused-ring (bicyclic) bond motifs is 1. The van der Waals surface area contributed by atoms with Crippen LogP contribution in [-0.2, 0) is 17.6 Å². The fourth-order valence-electron chi connectivity index (χ4n) is 2.86. The number of halogens is 1. The Hall–Kier alpha value is -1.59. The standard InChI is InChI=1S/C19H18IN3OS/c1-12-8-15(6-7-16(12)20)22-18(24)11-25-19-14(10-21)9-13-4-2-3-5-17(13)23-19/h6-9H,2-5,11H2,1H3,(H,22,24). The SMILES string of the molecule is Cc1cc(NC(=O)CSc2nc3c(cc2C#N)CCCC3)ccc1I. The van der Waals surface area contributed by atoms with Gasteiger partial charge >= 0.3 is 0 Å². The minimum atomic E-state index is -0.0889. The molecule has 1 aliphatic carbocycles. The molecule has 0 aliphatic heterocycles. The van der Waals surface area contributed by atoms with Crippen LogP contribution in [0.4, 0.5) is 5.69 Å². The summed E-state index contributed by atoms with van der Waals surface area (Å²) in [5, 5.41) is 12.9. The zero-order chi connectivity index (χ0) is 17.8. The summed E-state index contributed by atoms with van der Waals surface area (Å²) < 4.78 is 1.17. The summed E-state index contributed by atoms with van der Waals surface area (Å²) in [5.41, 5.74) is 4.77. The molecule has 0 saturated carbocycles. The van der Waals surface area contributed by atoms with Gasteiger partial charge in [-0.15, -0.1) is 0 Å². The van der Waals surface area contributed by atoms with Gasteiger partial charge in [0.25, 0.3) is 0 Å². The Morgan fingerprint density at radius 1 is 1.36 bits per heavy atom. The molecule has 3 rings (SSSR count). The number of nitrogens with zero attached hydrogens (tertiary/aromatic N) is 2. The fraction of sp³-hybridized carbons (Fsp3) is 0.316. The second kappa shape index (κ2) is 8.19. The maximum Gasteiger partial charge on any atom is 0.234 e. The summed E-state index contributed by atoms with van der Waals surface area (Å²) in [5.74, 6) is 0.153. The molecule has 1 amide bonds. The number of nitriles is 1. The first-order chi connectivity index (χ1) is 12.1. The lowest BCUT2D eigenvalue weighted by atomic mass is 9.95. The number of aryl methyl sites for hydroxylation is 3. The molecule has 128 valence electrons. The number of carbonyl (C=O) groups is 1. The third-order valence-corrected chi connectivity index (χ3v) is 6.37. The number of thioether (sulfide) groups is 1. The van der Waals surface area contributed by atoms with Gasteiger partial charge in [0.15, 0.2) is 0 Å². The number of carbonyl (C=O) groups excluding carboxylic acids is 1. The van der Waals surface area contributed by atoms with Gasteiger partial charge in [0.2, 0.25) is 5.91 Å². The average molecular weight is 463 g/mol. The molecule has 1 aromatic carbocycles. The highest BCUT2D eigenvalue weighted by Crippen LogP contribution is 2.27. The second-order valence-electron chi connectivity index (χ2n) is 6.07. The summed E-state index contributed by atoms with van der Waals surface area (Å²) in [6.07, 6.45) is 4.25. The third-order valence-electron chi connectivity index (χ3n) is 4.17. The van der Waals surface area contributed by atoms with Crippen molar-refractivity contribution in [2.24, 2.45) is 0 Å². The molecule has 1 N–H and O–H groups in total. The van der Waals surface area contributed by atoms with E-state index in [9.17, 15) is 10.1 Å². The predicted molar refractivity (Wildman–Crippen MR) is 109 cm³/mol. The van der Waals surface area contributed by atoms with E-state index in [0.29, 0.717) is 10.6 Å². The number of amides is 1. The summed E-state index contributed by atoms with van der Waals surface area (Å²) >= 11 is 3.60. The molecule has 0 bridgehead atoms. The first-order valence-corrected chi connectivity index (χ1v) is 10.2. The Morgan fingerprint density at radius 2 is 2.16 bits per heavy atom. The molecule has 0 unspecified atom stereocenters. The van der Waals surface area contributed by atoms with Gasteiger partial charge < -0.3 is 5.32 Å². The van der Waals surface area contributed by atoms with Crippen LogP contribution < -0.4 is 5.32 Å². The Bertz CT molecular complexity index is 860. The topological polar surface area (TPSA) is 65.8 Å². The molecule has 0 spiro atoms. The highest BCUT2D eigenvalue weighted by molar-refractivity contribution is 14.1. The molecule has 1 aromatic heterocycles. The van der Waals surface area contributed by atoms with E-state index in [2.05, 4.69) is 39.0 Å². The van der Waals surface area contributed by atoms with Crippen LogP contribution in [-0.4, -0.2) is 16.6 Å². The van der Waals surface area contributed by atoms with Gasteiger partial charge in [-0.2, -0.15) is 5.26 Å². The lowest BCUT2D eigenvalue weighted by Gasteiger charge is -2.16. The highest BCUT2D eigenvalue weighted by Gasteiger charge is 2.16. The molecular weight excluding hydrogens is 445 g/mol. The largest absolute Gasteiger partial charge is 0.325 e.